The third kappa shape index (κ3) is 2.82. The molecule has 2 aliphatic rings. The van der Waals surface area contributed by atoms with E-state index in [0.717, 1.165) is 56.3 Å². The van der Waals surface area contributed by atoms with Gasteiger partial charge < -0.3 is 15.0 Å². The number of nitrogens with one attached hydrogen (secondary N) is 1. The molecular formula is C19H25N3O2. The highest BCUT2D eigenvalue weighted by Crippen LogP contribution is 2.25. The van der Waals surface area contributed by atoms with Gasteiger partial charge in [0.15, 0.2) is 0 Å². The minimum atomic E-state index is -0.191. The van der Waals surface area contributed by atoms with Crippen molar-refractivity contribution in [2.24, 2.45) is 0 Å². The number of aromatic nitrogens is 1. The molecule has 0 radical (unpaired) electrons. The fourth-order valence-electron chi connectivity index (χ4n) is 4.13. The van der Waals surface area contributed by atoms with Gasteiger partial charge in [-0.1, -0.05) is 12.1 Å². The summed E-state index contributed by atoms with van der Waals surface area (Å²) in [4.78, 5) is 20.3. The number of fused-ring (bicyclic) bond motifs is 1. The quantitative estimate of drug-likeness (QED) is 0.888. The molecule has 1 aliphatic heterocycles. The van der Waals surface area contributed by atoms with Gasteiger partial charge in [-0.2, -0.15) is 0 Å². The molecule has 0 bridgehead atoms. The van der Waals surface area contributed by atoms with Crippen LogP contribution >= 0.6 is 0 Å². The number of aryl methyl sites for hydroxylation is 1. The lowest BCUT2D eigenvalue weighted by atomic mass is 10.1. The molecule has 24 heavy (non-hydrogen) atoms. The summed E-state index contributed by atoms with van der Waals surface area (Å²) in [5.41, 5.74) is 2.88. The van der Waals surface area contributed by atoms with E-state index in [9.17, 15) is 9.90 Å². The summed E-state index contributed by atoms with van der Waals surface area (Å²) in [6.45, 7) is 5.23. The summed E-state index contributed by atoms with van der Waals surface area (Å²) in [6.07, 6.45) is 2.91. The number of aromatic amines is 1. The number of H-pyrrole nitrogens is 1. The minimum Gasteiger partial charge on any atom is -0.391 e. The molecule has 4 rings (SSSR count). The number of amides is 1. The van der Waals surface area contributed by atoms with Crippen molar-refractivity contribution in [3.8, 4) is 0 Å². The number of hydrogen-bond donors (Lipinski definition) is 2. The van der Waals surface area contributed by atoms with Crippen LogP contribution in [0.5, 0.6) is 0 Å². The van der Waals surface area contributed by atoms with E-state index in [1.54, 1.807) is 0 Å². The Morgan fingerprint density at radius 1 is 1.17 bits per heavy atom. The third-order valence-corrected chi connectivity index (χ3v) is 5.52. The Morgan fingerprint density at radius 3 is 2.67 bits per heavy atom. The average molecular weight is 327 g/mol. The topological polar surface area (TPSA) is 59.6 Å². The van der Waals surface area contributed by atoms with E-state index in [4.69, 9.17) is 0 Å². The number of hydrogen-bond acceptors (Lipinski definition) is 3. The number of rotatable bonds is 2. The maximum atomic E-state index is 12.8. The van der Waals surface area contributed by atoms with E-state index < -0.39 is 0 Å². The van der Waals surface area contributed by atoms with Crippen molar-refractivity contribution in [2.75, 3.05) is 26.2 Å². The van der Waals surface area contributed by atoms with Gasteiger partial charge in [-0.3, -0.25) is 9.69 Å². The second-order valence-corrected chi connectivity index (χ2v) is 7.17. The van der Waals surface area contributed by atoms with Crippen molar-refractivity contribution in [3.05, 3.63) is 35.5 Å². The van der Waals surface area contributed by atoms with Crippen molar-refractivity contribution in [3.63, 3.8) is 0 Å². The third-order valence-electron chi connectivity index (χ3n) is 5.52. The van der Waals surface area contributed by atoms with E-state index in [1.165, 1.54) is 5.56 Å². The maximum absolute atomic E-state index is 12.8. The highest BCUT2D eigenvalue weighted by Gasteiger charge is 2.33. The molecule has 2 atom stereocenters. The number of piperazine rings is 1. The number of aliphatic hydroxyl groups excluding tert-OH is 1. The molecule has 1 amide bonds. The fraction of sp³-hybridized carbons (Fsp3) is 0.526. The Balaban J connectivity index is 1.43. The zero-order valence-corrected chi connectivity index (χ0v) is 14.2. The van der Waals surface area contributed by atoms with Gasteiger partial charge in [0, 0.05) is 43.1 Å². The zero-order valence-electron chi connectivity index (χ0n) is 14.2. The van der Waals surface area contributed by atoms with Crippen LogP contribution in [0.15, 0.2) is 24.3 Å². The molecule has 5 heteroatoms. The molecule has 2 fully saturated rings. The van der Waals surface area contributed by atoms with Crippen molar-refractivity contribution >= 4 is 16.8 Å². The first-order chi connectivity index (χ1) is 11.6. The molecule has 2 heterocycles. The van der Waals surface area contributed by atoms with Gasteiger partial charge in [0.05, 0.1) is 6.10 Å². The van der Waals surface area contributed by atoms with Crippen LogP contribution in [0, 0.1) is 6.92 Å². The van der Waals surface area contributed by atoms with Crippen LogP contribution in [-0.4, -0.2) is 64.1 Å². The molecule has 5 nitrogen and oxygen atoms in total. The van der Waals surface area contributed by atoms with Crippen LogP contribution in [0.3, 0.4) is 0 Å². The van der Waals surface area contributed by atoms with Gasteiger partial charge in [-0.05, 0) is 43.9 Å². The monoisotopic (exact) mass is 327 g/mol. The molecular weight excluding hydrogens is 302 g/mol. The number of carbonyl (C=O) groups is 1. The number of aliphatic hydroxyl groups is 1. The van der Waals surface area contributed by atoms with Gasteiger partial charge in [-0.15, -0.1) is 0 Å². The number of nitrogens with zero attached hydrogens (tertiary/aromatic N) is 2. The van der Waals surface area contributed by atoms with E-state index >= 15 is 0 Å². The maximum Gasteiger partial charge on any atom is 0.270 e. The second-order valence-electron chi connectivity index (χ2n) is 7.17. The van der Waals surface area contributed by atoms with E-state index in [1.807, 2.05) is 11.0 Å². The normalized spacial score (nSPS) is 25.5. The summed E-state index contributed by atoms with van der Waals surface area (Å²) >= 11 is 0. The van der Waals surface area contributed by atoms with E-state index in [2.05, 4.69) is 35.0 Å². The summed E-state index contributed by atoms with van der Waals surface area (Å²) in [5, 5.41) is 11.2. The molecule has 128 valence electrons. The van der Waals surface area contributed by atoms with E-state index in [-0.39, 0.29) is 12.0 Å². The molecule has 1 aliphatic carbocycles. The highest BCUT2D eigenvalue weighted by atomic mass is 16.3. The van der Waals surface area contributed by atoms with Crippen LogP contribution in [0.1, 0.15) is 35.3 Å². The van der Waals surface area contributed by atoms with Crippen LogP contribution in [0.4, 0.5) is 0 Å². The molecule has 0 spiro atoms. The average Bonchev–Trinajstić information content (AvgIpc) is 3.20. The van der Waals surface area contributed by atoms with Crippen LogP contribution < -0.4 is 0 Å². The van der Waals surface area contributed by atoms with Crippen molar-refractivity contribution < 1.29 is 9.90 Å². The van der Waals surface area contributed by atoms with Crippen molar-refractivity contribution in [1.82, 2.24) is 14.8 Å². The number of benzene rings is 1. The van der Waals surface area contributed by atoms with Gasteiger partial charge in [0.2, 0.25) is 0 Å². The first-order valence-electron chi connectivity index (χ1n) is 8.92. The predicted molar refractivity (Wildman–Crippen MR) is 94.2 cm³/mol. The van der Waals surface area contributed by atoms with Crippen molar-refractivity contribution in [2.45, 2.75) is 38.3 Å². The predicted octanol–water partition coefficient (Wildman–Crippen LogP) is 2.15. The first-order valence-corrected chi connectivity index (χ1v) is 8.92. The van der Waals surface area contributed by atoms with Crippen molar-refractivity contribution in [1.29, 1.82) is 0 Å². The van der Waals surface area contributed by atoms with Gasteiger partial charge in [0.1, 0.15) is 5.69 Å². The Labute approximate surface area is 142 Å². The highest BCUT2D eigenvalue weighted by molar-refractivity contribution is 5.98. The molecule has 2 unspecified atom stereocenters. The van der Waals surface area contributed by atoms with Gasteiger partial charge in [-0.25, -0.2) is 0 Å². The summed E-state index contributed by atoms with van der Waals surface area (Å²) in [7, 11) is 0. The van der Waals surface area contributed by atoms with Gasteiger partial charge in [0.25, 0.3) is 5.91 Å². The van der Waals surface area contributed by atoms with Crippen LogP contribution in [0.2, 0.25) is 0 Å². The molecule has 1 aromatic heterocycles. The minimum absolute atomic E-state index is 0.0791. The number of carbonyl (C=O) groups excluding carboxylic acids is 1. The SMILES string of the molecule is Cc1ccc2cc(C(=O)N3CCN(C4CCCC4O)CC3)[nH]c2c1. The molecule has 2 aromatic rings. The first kappa shape index (κ1) is 15.7. The van der Waals surface area contributed by atoms with E-state index in [0.29, 0.717) is 11.7 Å². The molecule has 1 aromatic carbocycles. The molecule has 2 N–H and O–H groups in total. The fourth-order valence-corrected chi connectivity index (χ4v) is 4.13. The lowest BCUT2D eigenvalue weighted by Crippen LogP contribution is -2.53. The lowest BCUT2D eigenvalue weighted by molar-refractivity contribution is 0.0313. The van der Waals surface area contributed by atoms with Crippen LogP contribution in [0.25, 0.3) is 10.9 Å². The van der Waals surface area contributed by atoms with Gasteiger partial charge >= 0.3 is 0 Å². The Kier molecular flexibility index (Phi) is 4.06. The molecule has 1 saturated carbocycles. The Morgan fingerprint density at radius 2 is 1.96 bits per heavy atom. The standard InChI is InChI=1S/C19H25N3O2/c1-13-5-6-14-12-16(20-15(14)11-13)19(24)22-9-7-21(8-10-22)17-3-2-4-18(17)23/h5-6,11-12,17-18,20,23H,2-4,7-10H2,1H3. The smallest absolute Gasteiger partial charge is 0.270 e. The largest absolute Gasteiger partial charge is 0.391 e. The summed E-state index contributed by atoms with van der Waals surface area (Å²) in [5.74, 6) is 0.0791. The second kappa shape index (κ2) is 6.22. The summed E-state index contributed by atoms with van der Waals surface area (Å²) in [6, 6.07) is 8.43. The Bertz CT molecular complexity index is 746. The Hall–Kier alpha value is -1.85. The zero-order chi connectivity index (χ0) is 16.7. The lowest BCUT2D eigenvalue weighted by Gasteiger charge is -2.38. The van der Waals surface area contributed by atoms with Crippen LogP contribution in [-0.2, 0) is 0 Å². The summed E-state index contributed by atoms with van der Waals surface area (Å²) < 4.78 is 0. The molecule has 1 saturated heterocycles.